The van der Waals surface area contributed by atoms with E-state index in [1.807, 2.05) is 15.9 Å². The van der Waals surface area contributed by atoms with Crippen molar-refractivity contribution in [1.29, 1.82) is 0 Å². The van der Waals surface area contributed by atoms with Crippen molar-refractivity contribution in [2.24, 2.45) is 5.92 Å². The van der Waals surface area contributed by atoms with Crippen LogP contribution in [0.25, 0.3) is 27.1 Å². The first-order valence-corrected chi connectivity index (χ1v) is 15.7. The van der Waals surface area contributed by atoms with Crippen molar-refractivity contribution in [3.8, 4) is 11.3 Å². The monoisotopic (exact) mass is 527 g/mol. The number of nitrogens with zero attached hydrogens (tertiary/aromatic N) is 4. The summed E-state index contributed by atoms with van der Waals surface area (Å²) in [6, 6.07) is 0. The Bertz CT molecular complexity index is 1620. The van der Waals surface area contributed by atoms with Gasteiger partial charge in [0.2, 0.25) is 0 Å². The van der Waals surface area contributed by atoms with Gasteiger partial charge in [0.05, 0.1) is 11.4 Å². The number of H-pyrrole nitrogens is 1. The van der Waals surface area contributed by atoms with E-state index in [1.165, 1.54) is 50.8 Å². The van der Waals surface area contributed by atoms with Crippen molar-refractivity contribution in [1.82, 2.24) is 24.5 Å². The van der Waals surface area contributed by atoms with Crippen molar-refractivity contribution in [2.75, 3.05) is 31.6 Å². The van der Waals surface area contributed by atoms with Crippen molar-refractivity contribution >= 4 is 37.0 Å². The van der Waals surface area contributed by atoms with E-state index in [0.717, 1.165) is 30.7 Å². The smallest absolute Gasteiger partial charge is 0.158 e. The number of likely N-dealkylation sites (tertiary alicyclic amines) is 1. The summed E-state index contributed by atoms with van der Waals surface area (Å²) >= 11 is 1.95. The molecule has 5 heterocycles. The third kappa shape index (κ3) is 3.65. The molecule has 9 heteroatoms. The minimum atomic E-state index is -2.92. The van der Waals surface area contributed by atoms with E-state index in [4.69, 9.17) is 0 Å². The van der Waals surface area contributed by atoms with Gasteiger partial charge in [0.25, 0.3) is 0 Å². The molecule has 1 aliphatic heterocycles. The lowest BCUT2D eigenvalue weighted by Gasteiger charge is -2.31. The SMILES string of the molecule is Cc1c(-c2[nH]c3sc(C45CCN(CCS(C)(=O)=O)CC4C5)c(C)c3c2C(C)C)cn2ncnc2c1C.[HH]. The topological polar surface area (TPSA) is 83.4 Å². The number of thiophene rings is 1. The van der Waals surface area contributed by atoms with Crippen LogP contribution in [0, 0.1) is 26.7 Å². The maximum atomic E-state index is 11.6. The Morgan fingerprint density at radius 2 is 2.03 bits per heavy atom. The lowest BCUT2D eigenvalue weighted by molar-refractivity contribution is 0.218. The van der Waals surface area contributed by atoms with E-state index >= 15 is 0 Å². The maximum Gasteiger partial charge on any atom is 0.158 e. The highest BCUT2D eigenvalue weighted by atomic mass is 32.2. The molecule has 6 rings (SSSR count). The third-order valence-corrected chi connectivity index (χ3v) is 11.1. The van der Waals surface area contributed by atoms with E-state index in [-0.39, 0.29) is 12.6 Å². The zero-order valence-corrected chi connectivity index (χ0v) is 23.6. The number of nitrogens with one attached hydrogen (secondary N) is 1. The van der Waals surface area contributed by atoms with Gasteiger partial charge in [-0.3, -0.25) is 0 Å². The van der Waals surface area contributed by atoms with Crippen LogP contribution in [0.5, 0.6) is 0 Å². The Labute approximate surface area is 218 Å². The van der Waals surface area contributed by atoms with Crippen LogP contribution in [0.2, 0.25) is 0 Å². The molecule has 0 amide bonds. The Morgan fingerprint density at radius 1 is 1.25 bits per heavy atom. The van der Waals surface area contributed by atoms with E-state index in [2.05, 4.69) is 60.8 Å². The molecule has 1 saturated heterocycles. The van der Waals surface area contributed by atoms with Crippen LogP contribution in [0.3, 0.4) is 0 Å². The van der Waals surface area contributed by atoms with Crippen LogP contribution >= 0.6 is 11.3 Å². The second-order valence-corrected chi connectivity index (χ2v) is 14.7. The molecule has 0 spiro atoms. The summed E-state index contributed by atoms with van der Waals surface area (Å²) in [7, 11) is -2.92. The number of rotatable bonds is 6. The lowest BCUT2D eigenvalue weighted by atomic mass is 9.88. The van der Waals surface area contributed by atoms with Gasteiger partial charge < -0.3 is 9.88 Å². The minimum Gasteiger partial charge on any atom is -0.346 e. The molecular formula is C27H37N5O2S2. The first-order chi connectivity index (χ1) is 17.0. The summed E-state index contributed by atoms with van der Waals surface area (Å²) in [6.45, 7) is 13.9. The van der Waals surface area contributed by atoms with Crippen LogP contribution in [-0.2, 0) is 15.3 Å². The maximum absolute atomic E-state index is 11.6. The van der Waals surface area contributed by atoms with Crippen molar-refractivity contribution < 1.29 is 9.84 Å². The van der Waals surface area contributed by atoms with E-state index in [9.17, 15) is 8.42 Å². The highest BCUT2D eigenvalue weighted by Crippen LogP contribution is 2.62. The molecule has 0 radical (unpaired) electrons. The largest absolute Gasteiger partial charge is 0.346 e. The first kappa shape index (κ1) is 24.1. The zero-order chi connectivity index (χ0) is 25.6. The second kappa shape index (κ2) is 8.13. The van der Waals surface area contributed by atoms with Gasteiger partial charge in [-0.05, 0) is 74.2 Å². The fourth-order valence-electron chi connectivity index (χ4n) is 6.53. The van der Waals surface area contributed by atoms with E-state index in [1.54, 1.807) is 11.2 Å². The molecule has 2 unspecified atom stereocenters. The fourth-order valence-corrected chi connectivity index (χ4v) is 8.65. The molecule has 0 aromatic carbocycles. The number of sulfone groups is 1. The van der Waals surface area contributed by atoms with Crippen LogP contribution in [-0.4, -0.2) is 64.5 Å². The van der Waals surface area contributed by atoms with Gasteiger partial charge in [-0.25, -0.2) is 17.9 Å². The predicted octanol–water partition coefficient (Wildman–Crippen LogP) is 5.24. The molecule has 2 aliphatic rings. The summed E-state index contributed by atoms with van der Waals surface area (Å²) in [5, 5.41) is 5.82. The van der Waals surface area contributed by atoms with Crippen LogP contribution in [0.1, 0.15) is 61.2 Å². The molecule has 194 valence electrons. The Morgan fingerprint density at radius 3 is 2.72 bits per heavy atom. The van der Waals surface area contributed by atoms with Crippen molar-refractivity contribution in [2.45, 2.75) is 58.8 Å². The third-order valence-electron chi connectivity index (χ3n) is 8.71. The number of aryl methyl sites for hydroxylation is 2. The number of pyridine rings is 1. The lowest BCUT2D eigenvalue weighted by Crippen LogP contribution is -2.38. The van der Waals surface area contributed by atoms with Crippen LogP contribution < -0.4 is 0 Å². The predicted molar refractivity (Wildman–Crippen MR) is 149 cm³/mol. The Hall–Kier alpha value is -2.23. The van der Waals surface area contributed by atoms with Gasteiger partial charge in [0.15, 0.2) is 5.65 Å². The quantitative estimate of drug-likeness (QED) is 0.371. The van der Waals surface area contributed by atoms with Gasteiger partial charge >= 0.3 is 0 Å². The summed E-state index contributed by atoms with van der Waals surface area (Å²) in [6.07, 6.45) is 7.41. The number of hydrogen-bond donors (Lipinski definition) is 1. The number of aromatic amines is 1. The fraction of sp³-hybridized carbons (Fsp3) is 0.556. The van der Waals surface area contributed by atoms with Crippen molar-refractivity contribution in [3.05, 3.63) is 39.7 Å². The number of piperidine rings is 1. The summed E-state index contributed by atoms with van der Waals surface area (Å²) in [5.74, 6) is 1.27. The average Bonchev–Trinajstić information content (AvgIpc) is 3.09. The molecule has 2 atom stereocenters. The molecule has 1 aliphatic carbocycles. The molecule has 1 N–H and O–H groups in total. The highest BCUT2D eigenvalue weighted by molar-refractivity contribution is 7.90. The van der Waals surface area contributed by atoms with Gasteiger partial charge in [-0.15, -0.1) is 11.3 Å². The molecule has 4 aromatic heterocycles. The number of aromatic nitrogens is 4. The Balaban J connectivity index is 0.00000280. The van der Waals surface area contributed by atoms with Crippen LogP contribution in [0.15, 0.2) is 12.5 Å². The standard InChI is InChI=1S/C27H35N5O2S2.H2/c1-15(2)21-22-18(5)24(27-7-8-31(12-19(27)11-27)9-10-36(6,33)34)35-26(22)30-23(21)20-13-32-25(28-14-29-32)17(4)16(20)3;/h13-15,19,30H,7-12H2,1-6H3;1H. The molecule has 0 bridgehead atoms. The normalized spacial score (nSPS) is 22.7. The van der Waals surface area contributed by atoms with Crippen LogP contribution in [0.4, 0.5) is 0 Å². The van der Waals surface area contributed by atoms with Crippen molar-refractivity contribution in [3.63, 3.8) is 0 Å². The van der Waals surface area contributed by atoms with Gasteiger partial charge in [-0.1, -0.05) is 13.8 Å². The number of fused-ring (bicyclic) bond motifs is 3. The second-order valence-electron chi connectivity index (χ2n) is 11.4. The highest BCUT2D eigenvalue weighted by Gasteiger charge is 2.59. The van der Waals surface area contributed by atoms with Gasteiger partial charge in [0, 0.05) is 48.2 Å². The summed E-state index contributed by atoms with van der Waals surface area (Å²) < 4.78 is 25.2. The van der Waals surface area contributed by atoms with Gasteiger partial charge in [0.1, 0.15) is 21.0 Å². The summed E-state index contributed by atoms with van der Waals surface area (Å²) in [4.78, 5) is 13.5. The first-order valence-electron chi connectivity index (χ1n) is 12.9. The molecule has 4 aromatic rings. The average molecular weight is 528 g/mol. The molecule has 36 heavy (non-hydrogen) atoms. The minimum absolute atomic E-state index is 0. The Kier molecular flexibility index (Phi) is 5.45. The molecular weight excluding hydrogens is 490 g/mol. The van der Waals surface area contributed by atoms with Gasteiger partial charge in [-0.2, -0.15) is 5.10 Å². The number of hydrogen-bond acceptors (Lipinski definition) is 6. The molecule has 2 fully saturated rings. The zero-order valence-electron chi connectivity index (χ0n) is 22.0. The summed E-state index contributed by atoms with van der Waals surface area (Å²) in [5.41, 5.74) is 8.83. The molecule has 1 saturated carbocycles. The molecule has 7 nitrogen and oxygen atoms in total. The van der Waals surface area contributed by atoms with E-state index in [0.29, 0.717) is 18.4 Å². The van der Waals surface area contributed by atoms with E-state index < -0.39 is 9.84 Å².